The number of rotatable bonds is 3. The molecule has 5 nitrogen and oxygen atoms in total. The monoisotopic (exact) mass is 362 g/mol. The second kappa shape index (κ2) is 7.27. The number of hydrogen-bond donors (Lipinski definition) is 2. The number of nitrogens with one attached hydrogen (secondary N) is 2. The van der Waals surface area contributed by atoms with E-state index in [4.69, 9.17) is 4.74 Å². The molecule has 1 aliphatic heterocycles. The van der Waals surface area contributed by atoms with Crippen LogP contribution in [0, 0.1) is 12.8 Å². The molecule has 1 unspecified atom stereocenters. The summed E-state index contributed by atoms with van der Waals surface area (Å²) < 4.78 is 5.80. The summed E-state index contributed by atoms with van der Waals surface area (Å²) in [6.07, 6.45) is 1.75. The maximum atomic E-state index is 12.8. The van der Waals surface area contributed by atoms with Crippen molar-refractivity contribution in [3.8, 4) is 5.75 Å². The summed E-state index contributed by atoms with van der Waals surface area (Å²) >= 11 is 0. The average Bonchev–Trinajstić information content (AvgIpc) is 2.87. The van der Waals surface area contributed by atoms with Crippen LogP contribution in [0.5, 0.6) is 5.75 Å². The standard InChI is InChI=1S/C22H22N2O3/c1-14-6-7-19-17(10-14)18(12-21(25)24-19)22(26)23-13-15-8-9-27-20-5-3-2-4-16(20)11-15/h2-7,10,12,15H,8-9,11,13H2,1H3,(H,23,26)(H,24,25). The topological polar surface area (TPSA) is 71.2 Å². The molecule has 3 aromatic rings. The van der Waals surface area contributed by atoms with Gasteiger partial charge in [-0.15, -0.1) is 0 Å². The number of aryl methyl sites for hydroxylation is 1. The van der Waals surface area contributed by atoms with Gasteiger partial charge in [0.2, 0.25) is 5.56 Å². The van der Waals surface area contributed by atoms with E-state index in [1.807, 2.05) is 43.3 Å². The molecule has 0 saturated heterocycles. The number of pyridine rings is 1. The van der Waals surface area contributed by atoms with Crippen LogP contribution in [-0.2, 0) is 6.42 Å². The van der Waals surface area contributed by atoms with E-state index in [1.54, 1.807) is 0 Å². The number of fused-ring (bicyclic) bond motifs is 2. The molecule has 0 spiro atoms. The maximum Gasteiger partial charge on any atom is 0.252 e. The molecule has 1 atom stereocenters. The van der Waals surface area contributed by atoms with Gasteiger partial charge in [0.1, 0.15) is 5.75 Å². The zero-order valence-electron chi connectivity index (χ0n) is 15.2. The minimum absolute atomic E-state index is 0.213. The van der Waals surface area contributed by atoms with Crippen LogP contribution in [0.2, 0.25) is 0 Å². The van der Waals surface area contributed by atoms with Crippen LogP contribution >= 0.6 is 0 Å². The van der Waals surface area contributed by atoms with Gasteiger partial charge in [-0.05, 0) is 49.4 Å². The smallest absolute Gasteiger partial charge is 0.252 e. The van der Waals surface area contributed by atoms with Gasteiger partial charge in [0.25, 0.3) is 5.91 Å². The summed E-state index contributed by atoms with van der Waals surface area (Å²) in [7, 11) is 0. The quantitative estimate of drug-likeness (QED) is 0.752. The largest absolute Gasteiger partial charge is 0.493 e. The summed E-state index contributed by atoms with van der Waals surface area (Å²) in [4.78, 5) is 27.5. The van der Waals surface area contributed by atoms with Crippen LogP contribution in [0.15, 0.2) is 53.3 Å². The van der Waals surface area contributed by atoms with E-state index in [0.717, 1.165) is 29.5 Å². The number of benzene rings is 2. The van der Waals surface area contributed by atoms with E-state index in [0.29, 0.717) is 30.1 Å². The third-order valence-corrected chi connectivity index (χ3v) is 5.06. The number of hydrogen-bond acceptors (Lipinski definition) is 3. The first kappa shape index (κ1) is 17.3. The van der Waals surface area contributed by atoms with Crippen molar-refractivity contribution in [2.45, 2.75) is 19.8 Å². The van der Waals surface area contributed by atoms with E-state index in [-0.39, 0.29) is 11.5 Å². The van der Waals surface area contributed by atoms with E-state index < -0.39 is 0 Å². The summed E-state index contributed by atoms with van der Waals surface area (Å²) in [5, 5.41) is 3.78. The van der Waals surface area contributed by atoms with Crippen molar-refractivity contribution in [2.75, 3.05) is 13.2 Å². The normalized spacial score (nSPS) is 16.3. The second-order valence-electron chi connectivity index (χ2n) is 7.12. The van der Waals surface area contributed by atoms with E-state index >= 15 is 0 Å². The van der Waals surface area contributed by atoms with Crippen LogP contribution in [0.1, 0.15) is 27.9 Å². The third-order valence-electron chi connectivity index (χ3n) is 5.06. The van der Waals surface area contributed by atoms with Gasteiger partial charge in [-0.1, -0.05) is 29.8 Å². The van der Waals surface area contributed by atoms with Gasteiger partial charge in [0.05, 0.1) is 12.2 Å². The Morgan fingerprint density at radius 1 is 1.22 bits per heavy atom. The first-order chi connectivity index (χ1) is 13.1. The van der Waals surface area contributed by atoms with Crippen LogP contribution < -0.4 is 15.6 Å². The van der Waals surface area contributed by atoms with Gasteiger partial charge in [0.15, 0.2) is 0 Å². The molecule has 1 amide bonds. The summed E-state index contributed by atoms with van der Waals surface area (Å²) in [5.74, 6) is 1.02. The first-order valence-corrected chi connectivity index (χ1v) is 9.23. The first-order valence-electron chi connectivity index (χ1n) is 9.23. The molecule has 2 aromatic carbocycles. The van der Waals surface area contributed by atoms with Crippen molar-refractivity contribution < 1.29 is 9.53 Å². The highest BCUT2D eigenvalue weighted by atomic mass is 16.5. The van der Waals surface area contributed by atoms with Crippen LogP contribution in [0.3, 0.4) is 0 Å². The molecule has 0 fully saturated rings. The number of amides is 1. The lowest BCUT2D eigenvalue weighted by atomic mass is 9.96. The Kier molecular flexibility index (Phi) is 4.67. The molecule has 1 aliphatic rings. The van der Waals surface area contributed by atoms with Gasteiger partial charge in [0, 0.05) is 23.5 Å². The van der Waals surface area contributed by atoms with Gasteiger partial charge >= 0.3 is 0 Å². The van der Waals surface area contributed by atoms with Crippen LogP contribution in [0.25, 0.3) is 10.9 Å². The van der Waals surface area contributed by atoms with Crippen molar-refractivity contribution >= 4 is 16.8 Å². The molecule has 0 bridgehead atoms. The van der Waals surface area contributed by atoms with Crippen molar-refractivity contribution in [1.29, 1.82) is 0 Å². The van der Waals surface area contributed by atoms with Crippen molar-refractivity contribution in [3.63, 3.8) is 0 Å². The fourth-order valence-corrected chi connectivity index (χ4v) is 3.62. The van der Waals surface area contributed by atoms with Gasteiger partial charge in [-0.2, -0.15) is 0 Å². The Bertz CT molecular complexity index is 1050. The number of aromatic amines is 1. The maximum absolute atomic E-state index is 12.8. The zero-order chi connectivity index (χ0) is 18.8. The molecule has 2 heterocycles. The SMILES string of the molecule is Cc1ccc2[nH]c(=O)cc(C(=O)NCC3CCOc4ccccc4C3)c2c1. The molecule has 138 valence electrons. The van der Waals surface area contributed by atoms with Crippen molar-refractivity contribution in [1.82, 2.24) is 10.3 Å². The zero-order valence-corrected chi connectivity index (χ0v) is 15.2. The molecule has 1 aromatic heterocycles. The second-order valence-corrected chi connectivity index (χ2v) is 7.12. The Morgan fingerprint density at radius 3 is 2.96 bits per heavy atom. The lowest BCUT2D eigenvalue weighted by Gasteiger charge is -2.15. The molecule has 4 rings (SSSR count). The van der Waals surface area contributed by atoms with Crippen molar-refractivity contribution in [2.24, 2.45) is 5.92 Å². The highest BCUT2D eigenvalue weighted by molar-refractivity contribution is 6.06. The molecule has 0 radical (unpaired) electrons. The number of H-pyrrole nitrogens is 1. The molecule has 5 heteroatoms. The number of para-hydroxylation sites is 1. The minimum atomic E-state index is -0.270. The minimum Gasteiger partial charge on any atom is -0.493 e. The van der Waals surface area contributed by atoms with Gasteiger partial charge in [-0.3, -0.25) is 9.59 Å². The summed E-state index contributed by atoms with van der Waals surface area (Å²) in [5.41, 5.74) is 3.04. The predicted octanol–water partition coefficient (Wildman–Crippen LogP) is 3.21. The number of carbonyl (C=O) groups excluding carboxylic acids is 1. The highest BCUT2D eigenvalue weighted by Crippen LogP contribution is 2.26. The molecular formula is C22H22N2O3. The van der Waals surface area contributed by atoms with Crippen LogP contribution in [0.4, 0.5) is 0 Å². The summed E-state index contributed by atoms with van der Waals surface area (Å²) in [6, 6.07) is 15.1. The predicted molar refractivity (Wildman–Crippen MR) is 105 cm³/mol. The highest BCUT2D eigenvalue weighted by Gasteiger charge is 2.19. The molecule has 0 aliphatic carbocycles. The molecule has 0 saturated carbocycles. The third kappa shape index (κ3) is 3.72. The molecule has 27 heavy (non-hydrogen) atoms. The Morgan fingerprint density at radius 2 is 2.07 bits per heavy atom. The number of ether oxygens (including phenoxy) is 1. The van der Waals surface area contributed by atoms with Gasteiger partial charge in [-0.25, -0.2) is 0 Å². The fourth-order valence-electron chi connectivity index (χ4n) is 3.62. The van der Waals surface area contributed by atoms with E-state index in [9.17, 15) is 9.59 Å². The fraction of sp³-hybridized carbons (Fsp3) is 0.273. The summed E-state index contributed by atoms with van der Waals surface area (Å²) in [6.45, 7) is 3.16. The molecular weight excluding hydrogens is 340 g/mol. The average molecular weight is 362 g/mol. The van der Waals surface area contributed by atoms with Gasteiger partial charge < -0.3 is 15.0 Å². The lowest BCUT2D eigenvalue weighted by molar-refractivity contribution is 0.0947. The van der Waals surface area contributed by atoms with E-state index in [2.05, 4.69) is 16.4 Å². The molecule has 2 N–H and O–H groups in total. The van der Waals surface area contributed by atoms with Crippen molar-refractivity contribution in [3.05, 3.63) is 75.6 Å². The number of carbonyl (C=O) groups is 1. The van der Waals surface area contributed by atoms with E-state index in [1.165, 1.54) is 11.6 Å². The lowest BCUT2D eigenvalue weighted by Crippen LogP contribution is -2.31. The Balaban J connectivity index is 1.53. The van der Waals surface area contributed by atoms with Crippen LogP contribution in [-0.4, -0.2) is 24.0 Å². The number of aromatic nitrogens is 1. The Labute approximate surface area is 157 Å². The Hall–Kier alpha value is -3.08.